The average molecular weight is 285 g/mol. The highest BCUT2D eigenvalue weighted by Crippen LogP contribution is 2.38. The van der Waals surface area contributed by atoms with E-state index >= 15 is 0 Å². The van der Waals surface area contributed by atoms with Gasteiger partial charge in [0.15, 0.2) is 0 Å². The van der Waals surface area contributed by atoms with E-state index < -0.39 is 0 Å². The summed E-state index contributed by atoms with van der Waals surface area (Å²) in [5.74, 6) is 0. The second-order valence-electron chi connectivity index (χ2n) is 5.31. The summed E-state index contributed by atoms with van der Waals surface area (Å²) in [4.78, 5) is 4.67. The predicted molar refractivity (Wildman–Crippen MR) is 92.1 cm³/mol. The van der Waals surface area contributed by atoms with E-state index in [-0.39, 0.29) is 0 Å². The molecule has 0 spiro atoms. The standard InChI is InChI=1S/C19H11NS/c1-2-6-13-10-16-15(9-12(13)5-1)19-14-7-3-4-8-17(14)21-18(19)11-20-16/h1-11H. The van der Waals surface area contributed by atoms with Gasteiger partial charge in [-0.15, -0.1) is 11.3 Å². The Kier molecular flexibility index (Phi) is 2.15. The lowest BCUT2D eigenvalue weighted by Crippen LogP contribution is -1.81. The van der Waals surface area contributed by atoms with Gasteiger partial charge < -0.3 is 0 Å². The Morgan fingerprint density at radius 1 is 0.714 bits per heavy atom. The summed E-state index contributed by atoms with van der Waals surface area (Å²) >= 11 is 1.82. The third kappa shape index (κ3) is 1.54. The fraction of sp³-hybridized carbons (Fsp3) is 0. The molecule has 98 valence electrons. The van der Waals surface area contributed by atoms with Gasteiger partial charge in [0.05, 0.1) is 10.2 Å². The highest BCUT2D eigenvalue weighted by Gasteiger charge is 2.09. The lowest BCUT2D eigenvalue weighted by molar-refractivity contribution is 1.46. The van der Waals surface area contributed by atoms with E-state index in [4.69, 9.17) is 0 Å². The summed E-state index contributed by atoms with van der Waals surface area (Å²) in [5, 5.41) is 6.45. The van der Waals surface area contributed by atoms with Gasteiger partial charge >= 0.3 is 0 Å². The van der Waals surface area contributed by atoms with Gasteiger partial charge in [0.1, 0.15) is 0 Å². The minimum Gasteiger partial charge on any atom is -0.255 e. The van der Waals surface area contributed by atoms with Crippen LogP contribution in [0, 0.1) is 0 Å². The van der Waals surface area contributed by atoms with Crippen molar-refractivity contribution < 1.29 is 0 Å². The fourth-order valence-corrected chi connectivity index (χ4v) is 4.19. The first-order valence-electron chi connectivity index (χ1n) is 6.99. The maximum absolute atomic E-state index is 4.67. The van der Waals surface area contributed by atoms with Crippen LogP contribution in [0.4, 0.5) is 0 Å². The topological polar surface area (TPSA) is 12.9 Å². The number of hydrogen-bond acceptors (Lipinski definition) is 2. The summed E-state index contributed by atoms with van der Waals surface area (Å²) in [6, 6.07) is 21.6. The van der Waals surface area contributed by atoms with Crippen LogP contribution in [0.1, 0.15) is 0 Å². The third-order valence-corrected chi connectivity index (χ3v) is 5.18. The summed E-state index contributed by atoms with van der Waals surface area (Å²) in [6.45, 7) is 0. The van der Waals surface area contributed by atoms with E-state index in [9.17, 15) is 0 Å². The predicted octanol–water partition coefficient (Wildman–Crippen LogP) is 5.76. The van der Waals surface area contributed by atoms with Crippen LogP contribution < -0.4 is 0 Å². The molecule has 21 heavy (non-hydrogen) atoms. The lowest BCUT2D eigenvalue weighted by Gasteiger charge is -2.03. The van der Waals surface area contributed by atoms with Gasteiger partial charge in [-0.2, -0.15) is 0 Å². The number of aromatic nitrogens is 1. The Balaban J connectivity index is 2.09. The van der Waals surface area contributed by atoms with Crippen molar-refractivity contribution >= 4 is 53.2 Å². The van der Waals surface area contributed by atoms with Crippen LogP contribution in [0.25, 0.3) is 41.8 Å². The van der Waals surface area contributed by atoms with Crippen molar-refractivity contribution in [3.63, 3.8) is 0 Å². The second-order valence-corrected chi connectivity index (χ2v) is 6.40. The number of nitrogens with zero attached hydrogens (tertiary/aromatic N) is 1. The molecule has 0 aliphatic carbocycles. The molecule has 0 radical (unpaired) electrons. The van der Waals surface area contributed by atoms with Gasteiger partial charge in [0.2, 0.25) is 0 Å². The van der Waals surface area contributed by atoms with Crippen molar-refractivity contribution in [3.05, 3.63) is 66.9 Å². The molecule has 0 atom stereocenters. The van der Waals surface area contributed by atoms with Crippen molar-refractivity contribution in [1.82, 2.24) is 4.98 Å². The van der Waals surface area contributed by atoms with Crippen LogP contribution in [-0.2, 0) is 0 Å². The lowest BCUT2D eigenvalue weighted by atomic mass is 10.0. The molecule has 0 amide bonds. The van der Waals surface area contributed by atoms with Gasteiger partial charge in [-0.3, -0.25) is 4.98 Å². The van der Waals surface area contributed by atoms with Crippen LogP contribution in [0.2, 0.25) is 0 Å². The summed E-state index contributed by atoms with van der Waals surface area (Å²) < 4.78 is 2.59. The highest BCUT2D eigenvalue weighted by atomic mass is 32.1. The van der Waals surface area contributed by atoms with Crippen molar-refractivity contribution in [2.75, 3.05) is 0 Å². The zero-order valence-corrected chi connectivity index (χ0v) is 12.0. The molecular formula is C19H11NS. The maximum Gasteiger partial charge on any atom is 0.0715 e. The summed E-state index contributed by atoms with van der Waals surface area (Å²) in [7, 11) is 0. The Hall–Kier alpha value is -2.45. The fourth-order valence-electron chi connectivity index (χ4n) is 3.10. The molecule has 0 aliphatic heterocycles. The van der Waals surface area contributed by atoms with Crippen LogP contribution in [0.15, 0.2) is 66.9 Å². The Bertz CT molecular complexity index is 1140. The summed E-state index contributed by atoms with van der Waals surface area (Å²) in [6.07, 6.45) is 2.01. The number of thiophene rings is 1. The van der Waals surface area contributed by atoms with Crippen LogP contribution in [0.3, 0.4) is 0 Å². The number of pyridine rings is 1. The molecule has 0 saturated carbocycles. The molecule has 2 aromatic heterocycles. The SMILES string of the molecule is c1ccc2cc3c(cc2c1)ncc1sc2ccccc2c13. The van der Waals surface area contributed by atoms with Crippen LogP contribution in [-0.4, -0.2) is 4.98 Å². The van der Waals surface area contributed by atoms with Gasteiger partial charge in [-0.25, -0.2) is 0 Å². The van der Waals surface area contributed by atoms with E-state index in [1.807, 2.05) is 17.5 Å². The number of fused-ring (bicyclic) bond motifs is 6. The van der Waals surface area contributed by atoms with E-state index in [1.54, 1.807) is 0 Å². The molecule has 1 nitrogen and oxygen atoms in total. The van der Waals surface area contributed by atoms with E-state index in [0.29, 0.717) is 0 Å². The van der Waals surface area contributed by atoms with Gasteiger partial charge in [0, 0.05) is 27.1 Å². The first-order valence-corrected chi connectivity index (χ1v) is 7.80. The van der Waals surface area contributed by atoms with Crippen molar-refractivity contribution in [1.29, 1.82) is 0 Å². The molecule has 0 unspecified atom stereocenters. The summed E-state index contributed by atoms with van der Waals surface area (Å²) in [5.41, 5.74) is 1.07. The number of rotatable bonds is 0. The first-order chi connectivity index (χ1) is 10.4. The second kappa shape index (κ2) is 4.03. The van der Waals surface area contributed by atoms with Crippen molar-refractivity contribution in [3.8, 4) is 0 Å². The number of hydrogen-bond donors (Lipinski definition) is 0. The Labute approximate surface area is 125 Å². The third-order valence-electron chi connectivity index (χ3n) is 4.08. The quantitative estimate of drug-likeness (QED) is 0.330. The monoisotopic (exact) mass is 285 g/mol. The smallest absolute Gasteiger partial charge is 0.0715 e. The normalized spacial score (nSPS) is 11.8. The molecule has 0 saturated heterocycles. The molecule has 0 N–H and O–H groups in total. The van der Waals surface area contributed by atoms with E-state index in [0.717, 1.165) is 5.52 Å². The molecule has 2 heteroatoms. The highest BCUT2D eigenvalue weighted by molar-refractivity contribution is 7.26. The maximum atomic E-state index is 4.67. The minimum absolute atomic E-state index is 1.07. The number of benzene rings is 3. The van der Waals surface area contributed by atoms with Gasteiger partial charge in [-0.05, 0) is 29.0 Å². The van der Waals surface area contributed by atoms with Gasteiger partial charge in [0.25, 0.3) is 0 Å². The molecule has 0 bridgehead atoms. The average Bonchev–Trinajstić information content (AvgIpc) is 2.92. The Morgan fingerprint density at radius 2 is 1.48 bits per heavy atom. The molecule has 5 rings (SSSR count). The van der Waals surface area contributed by atoms with E-state index in [2.05, 4.69) is 65.6 Å². The molecular weight excluding hydrogens is 274 g/mol. The molecule has 0 aliphatic rings. The largest absolute Gasteiger partial charge is 0.255 e. The van der Waals surface area contributed by atoms with Gasteiger partial charge in [-0.1, -0.05) is 42.5 Å². The van der Waals surface area contributed by atoms with Crippen LogP contribution >= 0.6 is 11.3 Å². The Morgan fingerprint density at radius 3 is 2.38 bits per heavy atom. The zero-order valence-electron chi connectivity index (χ0n) is 11.2. The molecule has 2 heterocycles. The first kappa shape index (κ1) is 11.2. The van der Waals surface area contributed by atoms with Crippen molar-refractivity contribution in [2.24, 2.45) is 0 Å². The minimum atomic E-state index is 1.07. The molecule has 3 aromatic carbocycles. The van der Waals surface area contributed by atoms with Crippen molar-refractivity contribution in [2.45, 2.75) is 0 Å². The zero-order chi connectivity index (χ0) is 13.8. The molecule has 0 fully saturated rings. The van der Waals surface area contributed by atoms with E-state index in [1.165, 1.54) is 36.3 Å². The molecule has 5 aromatic rings. The van der Waals surface area contributed by atoms with Crippen LogP contribution in [0.5, 0.6) is 0 Å².